The van der Waals surface area contributed by atoms with Crippen molar-refractivity contribution in [2.75, 3.05) is 0 Å². The van der Waals surface area contributed by atoms with Crippen molar-refractivity contribution in [3.63, 3.8) is 0 Å². The average Bonchev–Trinajstić information content (AvgIpc) is 3.82. The van der Waals surface area contributed by atoms with E-state index in [4.69, 9.17) is 0 Å². The summed E-state index contributed by atoms with van der Waals surface area (Å²) in [5.41, 5.74) is 11.9. The average molecular weight is 763 g/mol. The summed E-state index contributed by atoms with van der Waals surface area (Å²) >= 11 is 0. The van der Waals surface area contributed by atoms with Gasteiger partial charge in [0.25, 0.3) is 0 Å². The van der Waals surface area contributed by atoms with Gasteiger partial charge < -0.3 is 9.13 Å². The van der Waals surface area contributed by atoms with Gasteiger partial charge in [0.2, 0.25) is 0 Å². The lowest BCUT2D eigenvalue weighted by Gasteiger charge is -2.19. The first kappa shape index (κ1) is 35.2. The van der Waals surface area contributed by atoms with E-state index in [1.807, 2.05) is 84.9 Å². The Balaban J connectivity index is 1.28. The van der Waals surface area contributed by atoms with Crippen molar-refractivity contribution in [1.82, 2.24) is 14.1 Å². The Kier molecular flexibility index (Phi) is 8.23. The van der Waals surface area contributed by atoms with E-state index in [1.54, 1.807) is 36.7 Å². The first-order valence-corrected chi connectivity index (χ1v) is 19.0. The van der Waals surface area contributed by atoms with Crippen molar-refractivity contribution in [3.05, 3.63) is 186 Å². The van der Waals surface area contributed by atoms with Gasteiger partial charge in [0, 0.05) is 39.5 Å². The van der Waals surface area contributed by atoms with Crippen molar-refractivity contribution in [1.29, 1.82) is 26.3 Å². The molecule has 0 spiro atoms. The van der Waals surface area contributed by atoms with Crippen LogP contribution >= 0.6 is 0 Å². The number of hydrogen-bond donors (Lipinski definition) is 0. The van der Waals surface area contributed by atoms with E-state index in [0.717, 1.165) is 71.6 Å². The van der Waals surface area contributed by atoms with Crippen LogP contribution < -0.4 is 0 Å². The summed E-state index contributed by atoms with van der Waals surface area (Å²) in [4.78, 5) is 4.34. The number of aromatic nitrogens is 3. The van der Waals surface area contributed by atoms with Gasteiger partial charge in [-0.15, -0.1) is 0 Å². The molecule has 60 heavy (non-hydrogen) atoms. The van der Waals surface area contributed by atoms with E-state index in [2.05, 4.69) is 80.9 Å². The molecule has 0 N–H and O–H groups in total. The summed E-state index contributed by atoms with van der Waals surface area (Å²) in [5.74, 6) is 0. The van der Waals surface area contributed by atoms with Crippen LogP contribution in [0.5, 0.6) is 0 Å². The van der Waals surface area contributed by atoms with Crippen LogP contribution in [0.25, 0.3) is 88.4 Å². The molecule has 0 bridgehead atoms. The van der Waals surface area contributed by atoms with Gasteiger partial charge >= 0.3 is 0 Å². The molecule has 3 aromatic heterocycles. The first-order valence-electron chi connectivity index (χ1n) is 19.0. The fourth-order valence-electron chi connectivity index (χ4n) is 8.51. The summed E-state index contributed by atoms with van der Waals surface area (Å²) in [6.45, 7) is 0. The van der Waals surface area contributed by atoms with Gasteiger partial charge in [-0.1, -0.05) is 72.8 Å². The lowest BCUT2D eigenvalue weighted by Crippen LogP contribution is -2.04. The topological polar surface area (TPSA) is 142 Å². The second kappa shape index (κ2) is 14.0. The summed E-state index contributed by atoms with van der Waals surface area (Å²) < 4.78 is 4.30. The largest absolute Gasteiger partial charge is 0.309 e. The Hall–Kier alpha value is -9.26. The molecule has 0 atom stereocenters. The highest BCUT2D eigenvalue weighted by molar-refractivity contribution is 6.12. The number of nitriles is 5. The fourth-order valence-corrected chi connectivity index (χ4v) is 8.51. The zero-order valence-electron chi connectivity index (χ0n) is 31.6. The lowest BCUT2D eigenvalue weighted by molar-refractivity contribution is 1.13. The summed E-state index contributed by atoms with van der Waals surface area (Å²) in [7, 11) is 0. The number of pyridine rings is 1. The summed E-state index contributed by atoms with van der Waals surface area (Å²) in [6.07, 6.45) is 3.51. The van der Waals surface area contributed by atoms with Crippen LogP contribution in [0, 0.1) is 56.7 Å². The molecule has 0 saturated carbocycles. The maximum absolute atomic E-state index is 11.1. The van der Waals surface area contributed by atoms with E-state index in [0.29, 0.717) is 44.6 Å². The molecule has 8 heteroatoms. The Labute approximate surface area is 343 Å². The number of rotatable bonds is 5. The monoisotopic (exact) mass is 762 g/mol. The van der Waals surface area contributed by atoms with Crippen LogP contribution in [0.4, 0.5) is 0 Å². The second-order valence-electron chi connectivity index (χ2n) is 14.4. The third-order valence-electron chi connectivity index (χ3n) is 11.2. The standard InChI is InChI=1S/C52H26N8/c53-27-32-9-13-40(37(21-32)29-55)35-11-15-44-42-5-1-3-7-47(42)59(50(44)23-35)49-26-46(34-17-19-58-20-18-34)52(25-39(49)31-57)60-48-8-4-2-6-43(48)45-16-12-36(24-51(45)60)41-14-10-33(28-54)22-38(41)30-56/h1-26H. The van der Waals surface area contributed by atoms with Crippen molar-refractivity contribution in [2.45, 2.75) is 0 Å². The molecule has 274 valence electrons. The molecule has 0 aliphatic carbocycles. The van der Waals surface area contributed by atoms with E-state index >= 15 is 0 Å². The molecule has 10 aromatic rings. The summed E-state index contributed by atoms with van der Waals surface area (Å²) in [6, 6.07) is 58.1. The van der Waals surface area contributed by atoms with Gasteiger partial charge in [0.15, 0.2) is 0 Å². The van der Waals surface area contributed by atoms with E-state index in [-0.39, 0.29) is 0 Å². The van der Waals surface area contributed by atoms with Crippen molar-refractivity contribution < 1.29 is 0 Å². The second-order valence-corrected chi connectivity index (χ2v) is 14.4. The highest BCUT2D eigenvalue weighted by atomic mass is 15.0. The maximum atomic E-state index is 11.1. The van der Waals surface area contributed by atoms with Gasteiger partial charge in [-0.25, -0.2) is 0 Å². The minimum atomic E-state index is 0.399. The molecular weight excluding hydrogens is 737 g/mol. The van der Waals surface area contributed by atoms with Crippen molar-refractivity contribution >= 4 is 43.6 Å². The molecule has 8 nitrogen and oxygen atoms in total. The van der Waals surface area contributed by atoms with Crippen LogP contribution in [0.15, 0.2) is 158 Å². The molecule has 10 rings (SSSR count). The van der Waals surface area contributed by atoms with Crippen molar-refractivity contribution in [3.8, 4) is 75.1 Å². The summed E-state index contributed by atoms with van der Waals surface area (Å²) in [5, 5.41) is 54.4. The van der Waals surface area contributed by atoms with Gasteiger partial charge in [-0.05, 0) is 101 Å². The van der Waals surface area contributed by atoms with E-state index in [9.17, 15) is 26.3 Å². The van der Waals surface area contributed by atoms with Crippen LogP contribution in [-0.2, 0) is 0 Å². The van der Waals surface area contributed by atoms with Gasteiger partial charge in [0.05, 0.1) is 85.5 Å². The molecule has 0 fully saturated rings. The Morgan fingerprint density at radius 2 is 0.833 bits per heavy atom. The third kappa shape index (κ3) is 5.45. The molecule has 0 unspecified atom stereocenters. The highest BCUT2D eigenvalue weighted by Crippen LogP contribution is 2.42. The lowest BCUT2D eigenvalue weighted by atomic mass is 9.97. The molecule has 0 radical (unpaired) electrons. The molecular formula is C52H26N8. The SMILES string of the molecule is N#Cc1ccc(-c2ccc3c4ccccc4n(-c4cc(-c5ccncc5)c(-n5c6ccccc6c6ccc(-c7ccc(C#N)cc7C#N)cc65)cc4C#N)c3c2)c(C#N)c1. The molecule has 0 amide bonds. The Morgan fingerprint density at radius 1 is 0.350 bits per heavy atom. The minimum Gasteiger partial charge on any atom is -0.309 e. The van der Waals surface area contributed by atoms with Crippen LogP contribution in [-0.4, -0.2) is 14.1 Å². The molecule has 0 saturated heterocycles. The van der Waals surface area contributed by atoms with Gasteiger partial charge in [0.1, 0.15) is 6.07 Å². The normalized spacial score (nSPS) is 10.9. The number of fused-ring (bicyclic) bond motifs is 6. The van der Waals surface area contributed by atoms with Crippen LogP contribution in [0.3, 0.4) is 0 Å². The third-order valence-corrected chi connectivity index (χ3v) is 11.2. The number of para-hydroxylation sites is 2. The molecule has 0 aliphatic heterocycles. The Morgan fingerprint density at radius 3 is 1.33 bits per heavy atom. The number of benzene rings is 7. The predicted molar refractivity (Wildman–Crippen MR) is 233 cm³/mol. The predicted octanol–water partition coefficient (Wildman–Crippen LogP) is 11.6. The van der Waals surface area contributed by atoms with Gasteiger partial charge in [-0.2, -0.15) is 26.3 Å². The van der Waals surface area contributed by atoms with Crippen molar-refractivity contribution in [2.24, 2.45) is 0 Å². The van der Waals surface area contributed by atoms with Crippen LogP contribution in [0.2, 0.25) is 0 Å². The van der Waals surface area contributed by atoms with Crippen LogP contribution in [0.1, 0.15) is 27.8 Å². The Bertz CT molecular complexity index is 3670. The fraction of sp³-hybridized carbons (Fsp3) is 0. The highest BCUT2D eigenvalue weighted by Gasteiger charge is 2.23. The quantitative estimate of drug-likeness (QED) is 0.171. The molecule has 3 heterocycles. The van der Waals surface area contributed by atoms with E-state index < -0.39 is 0 Å². The smallest absolute Gasteiger partial charge is 0.101 e. The number of hydrogen-bond acceptors (Lipinski definition) is 6. The zero-order valence-corrected chi connectivity index (χ0v) is 31.6. The minimum absolute atomic E-state index is 0.399. The molecule has 0 aliphatic rings. The zero-order chi connectivity index (χ0) is 40.9. The van der Waals surface area contributed by atoms with Gasteiger partial charge in [-0.3, -0.25) is 4.98 Å². The first-order chi connectivity index (χ1) is 29.5. The van der Waals surface area contributed by atoms with E-state index in [1.165, 1.54) is 0 Å². The number of nitrogens with zero attached hydrogens (tertiary/aromatic N) is 8. The molecule has 7 aromatic carbocycles. The maximum Gasteiger partial charge on any atom is 0.101 e.